The van der Waals surface area contributed by atoms with Crippen molar-refractivity contribution < 1.29 is 9.53 Å². The van der Waals surface area contributed by atoms with Crippen LogP contribution in [0.3, 0.4) is 0 Å². The second-order valence-corrected chi connectivity index (χ2v) is 6.74. The summed E-state index contributed by atoms with van der Waals surface area (Å²) in [6.45, 7) is 0.0662. The number of nitrogens with zero attached hydrogens (tertiary/aromatic N) is 2. The summed E-state index contributed by atoms with van der Waals surface area (Å²) in [5, 5.41) is 3.83. The lowest BCUT2D eigenvalue weighted by Gasteiger charge is -2.21. The van der Waals surface area contributed by atoms with Gasteiger partial charge in [-0.25, -0.2) is 0 Å². The van der Waals surface area contributed by atoms with Crippen molar-refractivity contribution in [3.05, 3.63) is 29.3 Å². The predicted molar refractivity (Wildman–Crippen MR) is 91.8 cm³/mol. The van der Waals surface area contributed by atoms with E-state index in [0.717, 1.165) is 29.9 Å². The minimum Gasteiger partial charge on any atom is -0.368 e. The van der Waals surface area contributed by atoms with Crippen molar-refractivity contribution in [3.8, 4) is 11.4 Å². The minimum atomic E-state index is -0.190. The molecule has 1 aliphatic carbocycles. The fourth-order valence-corrected chi connectivity index (χ4v) is 3.40. The number of nitrogens with one attached hydrogen (secondary N) is 1. The van der Waals surface area contributed by atoms with Gasteiger partial charge in [-0.2, -0.15) is 9.36 Å². The van der Waals surface area contributed by atoms with Crippen molar-refractivity contribution in [1.29, 1.82) is 0 Å². The molecule has 7 heteroatoms. The number of amides is 1. The number of benzene rings is 1. The zero-order valence-electron chi connectivity index (χ0n) is 12.6. The summed E-state index contributed by atoms with van der Waals surface area (Å²) in [5.41, 5.74) is 0.827. The Balaban J connectivity index is 1.53. The maximum Gasteiger partial charge on any atom is 0.252 e. The Kier molecular flexibility index (Phi) is 5.59. The monoisotopic (exact) mass is 351 g/mol. The third-order valence-electron chi connectivity index (χ3n) is 3.76. The van der Waals surface area contributed by atoms with Gasteiger partial charge in [-0.15, -0.1) is 0 Å². The molecule has 0 aliphatic heterocycles. The van der Waals surface area contributed by atoms with E-state index >= 15 is 0 Å². The lowest BCUT2D eigenvalue weighted by molar-refractivity contribution is -0.123. The molecule has 23 heavy (non-hydrogen) atoms. The number of ether oxygens (including phenoxy) is 1. The molecule has 0 spiro atoms. The average molecular weight is 352 g/mol. The van der Waals surface area contributed by atoms with Crippen molar-refractivity contribution in [3.63, 3.8) is 0 Å². The first-order chi connectivity index (χ1) is 11.2. The topological polar surface area (TPSA) is 64.1 Å². The standard InChI is InChI=1S/C16H18ClN3O2S/c17-12-6-4-5-11(9-12)15-19-16(23-20-15)18-14(21)10-22-13-7-2-1-3-8-13/h4-6,9,13H,1-3,7-8,10H2,(H,18,19,20,21). The third kappa shape index (κ3) is 4.73. The summed E-state index contributed by atoms with van der Waals surface area (Å²) < 4.78 is 9.90. The molecule has 3 rings (SSSR count). The zero-order chi connectivity index (χ0) is 16.1. The van der Waals surface area contributed by atoms with E-state index in [9.17, 15) is 4.79 Å². The van der Waals surface area contributed by atoms with Crippen LogP contribution in [-0.2, 0) is 9.53 Å². The van der Waals surface area contributed by atoms with E-state index in [1.54, 1.807) is 12.1 Å². The second kappa shape index (κ2) is 7.86. The zero-order valence-corrected chi connectivity index (χ0v) is 14.2. The highest BCUT2D eigenvalue weighted by Gasteiger charge is 2.16. The molecule has 0 atom stereocenters. The van der Waals surface area contributed by atoms with Crippen LogP contribution in [0, 0.1) is 0 Å². The summed E-state index contributed by atoms with van der Waals surface area (Å²) in [4.78, 5) is 16.3. The van der Waals surface area contributed by atoms with Crippen molar-refractivity contribution >= 4 is 34.2 Å². The SMILES string of the molecule is O=C(COC1CCCCC1)Nc1nc(-c2cccc(Cl)c2)ns1. The van der Waals surface area contributed by atoms with Gasteiger partial charge in [0.2, 0.25) is 5.13 Å². The largest absolute Gasteiger partial charge is 0.368 e. The van der Waals surface area contributed by atoms with E-state index in [0.29, 0.717) is 16.0 Å². The molecule has 122 valence electrons. The Morgan fingerprint density at radius 1 is 1.35 bits per heavy atom. The number of anilines is 1. The maximum atomic E-state index is 11.9. The molecule has 1 fully saturated rings. The van der Waals surface area contributed by atoms with Crippen LogP contribution in [0.2, 0.25) is 5.02 Å². The molecule has 1 aliphatic rings. The number of rotatable bonds is 5. The first kappa shape index (κ1) is 16.4. The number of hydrogen-bond donors (Lipinski definition) is 1. The Morgan fingerprint density at radius 3 is 2.96 bits per heavy atom. The van der Waals surface area contributed by atoms with Crippen LogP contribution < -0.4 is 5.32 Å². The average Bonchev–Trinajstić information content (AvgIpc) is 3.02. The molecule has 1 N–H and O–H groups in total. The van der Waals surface area contributed by atoms with Crippen molar-refractivity contribution in [2.75, 3.05) is 11.9 Å². The molecule has 0 bridgehead atoms. The van der Waals surface area contributed by atoms with Gasteiger partial charge in [0.1, 0.15) is 6.61 Å². The van der Waals surface area contributed by atoms with Gasteiger partial charge in [0, 0.05) is 22.1 Å². The van der Waals surface area contributed by atoms with Crippen LogP contribution in [-0.4, -0.2) is 28.0 Å². The maximum absolute atomic E-state index is 11.9. The molecule has 1 saturated carbocycles. The van der Waals surface area contributed by atoms with E-state index < -0.39 is 0 Å². The lowest BCUT2D eigenvalue weighted by atomic mass is 9.98. The van der Waals surface area contributed by atoms with E-state index in [1.165, 1.54) is 19.3 Å². The van der Waals surface area contributed by atoms with E-state index in [4.69, 9.17) is 16.3 Å². The summed E-state index contributed by atoms with van der Waals surface area (Å²) in [6.07, 6.45) is 5.95. The Hall–Kier alpha value is -1.50. The number of hydrogen-bond acceptors (Lipinski definition) is 5. The summed E-state index contributed by atoms with van der Waals surface area (Å²) in [5.74, 6) is 0.366. The van der Waals surface area contributed by atoms with E-state index in [-0.39, 0.29) is 18.6 Å². The molecule has 1 amide bonds. The van der Waals surface area contributed by atoms with Crippen molar-refractivity contribution in [2.24, 2.45) is 0 Å². The highest BCUT2D eigenvalue weighted by Crippen LogP contribution is 2.24. The molecule has 5 nitrogen and oxygen atoms in total. The quantitative estimate of drug-likeness (QED) is 0.879. The molecule has 1 heterocycles. The molecule has 1 aromatic carbocycles. The van der Waals surface area contributed by atoms with Crippen molar-refractivity contribution in [1.82, 2.24) is 9.36 Å². The normalized spacial score (nSPS) is 15.5. The van der Waals surface area contributed by atoms with Gasteiger partial charge in [0.05, 0.1) is 6.10 Å². The molecular weight excluding hydrogens is 334 g/mol. The van der Waals surface area contributed by atoms with Gasteiger partial charge in [0.25, 0.3) is 5.91 Å². The molecule has 2 aromatic rings. The van der Waals surface area contributed by atoms with Gasteiger partial charge >= 0.3 is 0 Å². The Morgan fingerprint density at radius 2 is 2.17 bits per heavy atom. The number of halogens is 1. The predicted octanol–water partition coefficient (Wildman–Crippen LogP) is 4.15. The lowest BCUT2D eigenvalue weighted by Crippen LogP contribution is -2.24. The first-order valence-electron chi connectivity index (χ1n) is 7.72. The number of carbonyl (C=O) groups is 1. The molecule has 0 radical (unpaired) electrons. The van der Waals surface area contributed by atoms with Crippen molar-refractivity contribution in [2.45, 2.75) is 38.2 Å². The van der Waals surface area contributed by atoms with Crippen LogP contribution in [0.1, 0.15) is 32.1 Å². The molecule has 0 saturated heterocycles. The third-order valence-corrected chi connectivity index (χ3v) is 4.62. The van der Waals surface area contributed by atoms with Gasteiger partial charge in [-0.05, 0) is 25.0 Å². The molecular formula is C16H18ClN3O2S. The van der Waals surface area contributed by atoms with Crippen LogP contribution >= 0.6 is 23.1 Å². The van der Waals surface area contributed by atoms with Crippen LogP contribution in [0.15, 0.2) is 24.3 Å². The highest BCUT2D eigenvalue weighted by molar-refractivity contribution is 7.10. The van der Waals surface area contributed by atoms with Crippen LogP contribution in [0.5, 0.6) is 0 Å². The number of carbonyl (C=O) groups excluding carboxylic acids is 1. The second-order valence-electron chi connectivity index (χ2n) is 5.55. The van der Waals surface area contributed by atoms with Gasteiger partial charge in [-0.1, -0.05) is 43.0 Å². The number of aromatic nitrogens is 2. The highest BCUT2D eigenvalue weighted by atomic mass is 35.5. The van der Waals surface area contributed by atoms with E-state index in [1.807, 2.05) is 12.1 Å². The first-order valence-corrected chi connectivity index (χ1v) is 8.87. The Bertz CT molecular complexity index is 671. The summed E-state index contributed by atoms with van der Waals surface area (Å²) in [7, 11) is 0. The molecule has 1 aromatic heterocycles. The van der Waals surface area contributed by atoms with Crippen LogP contribution in [0.4, 0.5) is 5.13 Å². The van der Waals surface area contributed by atoms with Gasteiger partial charge < -0.3 is 4.74 Å². The summed E-state index contributed by atoms with van der Waals surface area (Å²) in [6, 6.07) is 7.31. The van der Waals surface area contributed by atoms with Gasteiger partial charge in [0.15, 0.2) is 5.82 Å². The fraction of sp³-hybridized carbons (Fsp3) is 0.438. The fourth-order valence-electron chi connectivity index (χ4n) is 2.60. The molecule has 0 unspecified atom stereocenters. The minimum absolute atomic E-state index is 0.0662. The smallest absolute Gasteiger partial charge is 0.252 e. The Labute approximate surface area is 144 Å². The summed E-state index contributed by atoms with van der Waals surface area (Å²) >= 11 is 7.11. The van der Waals surface area contributed by atoms with Crippen LogP contribution in [0.25, 0.3) is 11.4 Å². The van der Waals surface area contributed by atoms with E-state index in [2.05, 4.69) is 14.7 Å². The van der Waals surface area contributed by atoms with Gasteiger partial charge in [-0.3, -0.25) is 10.1 Å².